The molecule has 0 spiro atoms. The van der Waals surface area contributed by atoms with Crippen molar-refractivity contribution in [1.29, 1.82) is 0 Å². The Morgan fingerprint density at radius 1 is 1.41 bits per heavy atom. The Kier molecular flexibility index (Phi) is 3.74. The number of carbonyl (C=O) groups is 1. The van der Waals surface area contributed by atoms with Crippen LogP contribution in [0.3, 0.4) is 0 Å². The van der Waals surface area contributed by atoms with Crippen molar-refractivity contribution in [2.45, 2.75) is 19.8 Å². The number of halogens is 1. The summed E-state index contributed by atoms with van der Waals surface area (Å²) >= 11 is 6.08. The maximum absolute atomic E-state index is 11.2. The van der Waals surface area contributed by atoms with Gasteiger partial charge in [0, 0.05) is 17.5 Å². The zero-order valence-corrected chi connectivity index (χ0v) is 10.3. The molecule has 0 atom stereocenters. The molecule has 5 heteroatoms. The number of hydrogen-bond donors (Lipinski definition) is 0. The summed E-state index contributed by atoms with van der Waals surface area (Å²) < 4.78 is 15.3. The highest BCUT2D eigenvalue weighted by atomic mass is 35.5. The number of aryl methyl sites for hydroxylation is 1. The van der Waals surface area contributed by atoms with Gasteiger partial charge < -0.3 is 14.2 Å². The normalized spacial score (nSPS) is 12.6. The fourth-order valence-corrected chi connectivity index (χ4v) is 1.87. The number of benzene rings is 1. The maximum Gasteiger partial charge on any atom is 0.306 e. The van der Waals surface area contributed by atoms with Gasteiger partial charge in [0.2, 0.25) is 6.79 Å². The lowest BCUT2D eigenvalue weighted by molar-refractivity contribution is -0.143. The molecule has 2 rings (SSSR count). The number of carbonyl (C=O) groups excluding carboxylic acids is 1. The van der Waals surface area contributed by atoms with E-state index in [1.807, 2.05) is 6.07 Å². The van der Waals surface area contributed by atoms with E-state index in [0.29, 0.717) is 36.0 Å². The van der Waals surface area contributed by atoms with Crippen molar-refractivity contribution in [2.24, 2.45) is 0 Å². The topological polar surface area (TPSA) is 44.8 Å². The summed E-state index contributed by atoms with van der Waals surface area (Å²) in [7, 11) is 0. The molecule has 0 radical (unpaired) electrons. The number of hydrogen-bond acceptors (Lipinski definition) is 4. The highest BCUT2D eigenvalue weighted by molar-refractivity contribution is 6.31. The lowest BCUT2D eigenvalue weighted by Gasteiger charge is -2.06. The molecule has 4 nitrogen and oxygen atoms in total. The van der Waals surface area contributed by atoms with Crippen molar-refractivity contribution in [3.8, 4) is 11.5 Å². The molecule has 17 heavy (non-hydrogen) atoms. The molecule has 0 bridgehead atoms. The van der Waals surface area contributed by atoms with Gasteiger partial charge in [0.15, 0.2) is 11.5 Å². The SMILES string of the molecule is CCOC(=O)CCc1cc2c(cc1Cl)OCO2. The smallest absolute Gasteiger partial charge is 0.306 e. The first-order valence-electron chi connectivity index (χ1n) is 5.44. The minimum Gasteiger partial charge on any atom is -0.466 e. The third-order valence-corrected chi connectivity index (χ3v) is 2.80. The quantitative estimate of drug-likeness (QED) is 0.777. The summed E-state index contributed by atoms with van der Waals surface area (Å²) in [6, 6.07) is 3.52. The maximum atomic E-state index is 11.2. The van der Waals surface area contributed by atoms with Crippen LogP contribution in [0.25, 0.3) is 0 Å². The standard InChI is InChI=1S/C12H13ClO4/c1-2-15-12(14)4-3-8-5-10-11(6-9(8)13)17-7-16-10/h5-6H,2-4,7H2,1H3. The number of esters is 1. The molecule has 0 fully saturated rings. The van der Waals surface area contributed by atoms with Crippen molar-refractivity contribution in [3.63, 3.8) is 0 Å². The lowest BCUT2D eigenvalue weighted by atomic mass is 10.1. The van der Waals surface area contributed by atoms with E-state index >= 15 is 0 Å². The fourth-order valence-electron chi connectivity index (χ4n) is 1.62. The number of ether oxygens (including phenoxy) is 3. The molecular formula is C12H13ClO4. The van der Waals surface area contributed by atoms with Crippen molar-refractivity contribution < 1.29 is 19.0 Å². The highest BCUT2D eigenvalue weighted by Crippen LogP contribution is 2.37. The predicted molar refractivity (Wildman–Crippen MR) is 62.5 cm³/mol. The van der Waals surface area contributed by atoms with Gasteiger partial charge in [0.1, 0.15) is 0 Å². The molecule has 0 aliphatic carbocycles. The molecule has 1 aliphatic heterocycles. The summed E-state index contributed by atoms with van der Waals surface area (Å²) in [6.45, 7) is 2.39. The summed E-state index contributed by atoms with van der Waals surface area (Å²) in [6.07, 6.45) is 0.849. The first-order valence-corrected chi connectivity index (χ1v) is 5.82. The van der Waals surface area contributed by atoms with Gasteiger partial charge in [-0.1, -0.05) is 11.6 Å². The third-order valence-electron chi connectivity index (χ3n) is 2.45. The first kappa shape index (κ1) is 12.0. The van der Waals surface area contributed by atoms with Gasteiger partial charge >= 0.3 is 5.97 Å². The Balaban J connectivity index is 2.04. The van der Waals surface area contributed by atoms with Crippen LogP contribution < -0.4 is 9.47 Å². The monoisotopic (exact) mass is 256 g/mol. The fraction of sp³-hybridized carbons (Fsp3) is 0.417. The molecule has 1 heterocycles. The third kappa shape index (κ3) is 2.82. The van der Waals surface area contributed by atoms with Crippen molar-refractivity contribution in [1.82, 2.24) is 0 Å². The van der Waals surface area contributed by atoms with E-state index in [9.17, 15) is 4.79 Å². The Labute approximate surface area is 104 Å². The van der Waals surface area contributed by atoms with Crippen LogP contribution in [0.2, 0.25) is 5.02 Å². The molecule has 0 amide bonds. The second-order valence-corrected chi connectivity index (χ2v) is 4.01. The molecule has 1 aliphatic rings. The molecule has 1 aromatic rings. The van der Waals surface area contributed by atoms with Gasteiger partial charge in [0.25, 0.3) is 0 Å². The average Bonchev–Trinajstić information content (AvgIpc) is 2.73. The van der Waals surface area contributed by atoms with Gasteiger partial charge in [-0.3, -0.25) is 4.79 Å². The number of fused-ring (bicyclic) bond motifs is 1. The van der Waals surface area contributed by atoms with Crippen LogP contribution in [-0.4, -0.2) is 19.4 Å². The second-order valence-electron chi connectivity index (χ2n) is 3.60. The van der Waals surface area contributed by atoms with Crippen molar-refractivity contribution >= 4 is 17.6 Å². The zero-order chi connectivity index (χ0) is 12.3. The van der Waals surface area contributed by atoms with Gasteiger partial charge in [0.05, 0.1) is 6.61 Å². The summed E-state index contributed by atoms with van der Waals surface area (Å²) in [4.78, 5) is 11.2. The van der Waals surface area contributed by atoms with E-state index in [4.69, 9.17) is 25.8 Å². The van der Waals surface area contributed by atoms with E-state index in [0.717, 1.165) is 5.56 Å². The van der Waals surface area contributed by atoms with E-state index < -0.39 is 0 Å². The van der Waals surface area contributed by atoms with E-state index in [1.165, 1.54) is 0 Å². The highest BCUT2D eigenvalue weighted by Gasteiger charge is 2.17. The molecule has 1 aromatic carbocycles. The minimum atomic E-state index is -0.221. The zero-order valence-electron chi connectivity index (χ0n) is 9.49. The van der Waals surface area contributed by atoms with Gasteiger partial charge in [-0.25, -0.2) is 0 Å². The summed E-state index contributed by atoms with van der Waals surface area (Å²) in [5.74, 6) is 1.10. The van der Waals surface area contributed by atoms with Crippen LogP contribution in [0.1, 0.15) is 18.9 Å². The molecule has 0 unspecified atom stereocenters. The van der Waals surface area contributed by atoms with Crippen LogP contribution in [0.4, 0.5) is 0 Å². The summed E-state index contributed by atoms with van der Waals surface area (Å²) in [5.41, 5.74) is 0.865. The van der Waals surface area contributed by atoms with E-state index in [-0.39, 0.29) is 12.8 Å². The Morgan fingerprint density at radius 2 is 2.12 bits per heavy atom. The van der Waals surface area contributed by atoms with Crippen molar-refractivity contribution in [3.05, 3.63) is 22.7 Å². The largest absolute Gasteiger partial charge is 0.466 e. The Bertz CT molecular complexity index is 431. The van der Waals surface area contributed by atoms with E-state index in [1.54, 1.807) is 13.0 Å². The van der Waals surface area contributed by atoms with Crippen molar-refractivity contribution in [2.75, 3.05) is 13.4 Å². The van der Waals surface area contributed by atoms with Crippen LogP contribution in [0.15, 0.2) is 12.1 Å². The Hall–Kier alpha value is -1.42. The average molecular weight is 257 g/mol. The van der Waals surface area contributed by atoms with E-state index in [2.05, 4.69) is 0 Å². The molecule has 0 saturated carbocycles. The molecule has 0 aromatic heterocycles. The second kappa shape index (κ2) is 5.27. The minimum absolute atomic E-state index is 0.215. The van der Waals surface area contributed by atoms with Gasteiger partial charge in [-0.2, -0.15) is 0 Å². The Morgan fingerprint density at radius 3 is 2.82 bits per heavy atom. The molecule has 92 valence electrons. The number of rotatable bonds is 4. The molecule has 0 saturated heterocycles. The first-order chi connectivity index (χ1) is 8.20. The van der Waals surface area contributed by atoms with Crippen LogP contribution >= 0.6 is 11.6 Å². The van der Waals surface area contributed by atoms with Gasteiger partial charge in [-0.15, -0.1) is 0 Å². The summed E-state index contributed by atoms with van der Waals surface area (Å²) in [5, 5.41) is 0.582. The van der Waals surface area contributed by atoms with Crippen LogP contribution in [0.5, 0.6) is 11.5 Å². The lowest BCUT2D eigenvalue weighted by Crippen LogP contribution is -2.05. The van der Waals surface area contributed by atoms with Gasteiger partial charge in [-0.05, 0) is 25.0 Å². The van der Waals surface area contributed by atoms with Crippen LogP contribution in [-0.2, 0) is 16.0 Å². The molecule has 0 N–H and O–H groups in total. The van der Waals surface area contributed by atoms with Crippen LogP contribution in [0, 0.1) is 0 Å². The predicted octanol–water partition coefficient (Wildman–Crippen LogP) is 2.56. The molecular weight excluding hydrogens is 244 g/mol.